The molecule has 208 valence electrons. The normalized spacial score (nSPS) is 12.3. The lowest BCUT2D eigenvalue weighted by molar-refractivity contribution is -0.138. The van der Waals surface area contributed by atoms with Crippen LogP contribution >= 0.6 is 0 Å². The average Bonchev–Trinajstić information content (AvgIpc) is 3.53. The second kappa shape index (κ2) is 10.3. The van der Waals surface area contributed by atoms with Crippen LogP contribution in [0.2, 0.25) is 0 Å². The second-order valence-electron chi connectivity index (χ2n) is 10.9. The lowest BCUT2D eigenvalue weighted by atomic mass is 10.0. The maximum absolute atomic E-state index is 11.5. The first kappa shape index (κ1) is 27.1. The molecule has 0 saturated carbocycles. The SMILES string of the molecule is Cc1c2[nH]c(c1C)C=c1[nH]c(c(CCC(=O)O)c1C)=Cc1[nH]c(c(C)c1CCC(=O)O)C=c1[nH]c(c(C)c1C)=C2. The van der Waals surface area contributed by atoms with Crippen molar-refractivity contribution in [3.8, 4) is 0 Å². The van der Waals surface area contributed by atoms with Gasteiger partial charge in [0.2, 0.25) is 0 Å². The number of hydrogen-bond donors (Lipinski definition) is 6. The van der Waals surface area contributed by atoms with Crippen molar-refractivity contribution in [1.29, 1.82) is 0 Å². The zero-order valence-corrected chi connectivity index (χ0v) is 23.8. The predicted molar refractivity (Wildman–Crippen MR) is 156 cm³/mol. The van der Waals surface area contributed by atoms with Crippen LogP contribution in [0.25, 0.3) is 24.3 Å². The van der Waals surface area contributed by atoms with E-state index in [-0.39, 0.29) is 12.8 Å². The van der Waals surface area contributed by atoms with Gasteiger partial charge in [-0.1, -0.05) is 0 Å². The molecule has 0 fully saturated rings. The van der Waals surface area contributed by atoms with Gasteiger partial charge in [0.05, 0.1) is 0 Å². The minimum Gasteiger partial charge on any atom is -0.481 e. The molecule has 6 N–H and O–H groups in total. The van der Waals surface area contributed by atoms with Crippen LogP contribution in [0.1, 0.15) is 80.1 Å². The van der Waals surface area contributed by atoms with Gasteiger partial charge in [-0.05, 0) is 123 Å². The van der Waals surface area contributed by atoms with Gasteiger partial charge < -0.3 is 30.1 Å². The number of aliphatic carboxylic acids is 2. The number of H-pyrrole nitrogens is 4. The number of carbonyl (C=O) groups is 2. The van der Waals surface area contributed by atoms with Gasteiger partial charge in [-0.2, -0.15) is 0 Å². The lowest BCUT2D eigenvalue weighted by Gasteiger charge is -2.01. The molecule has 0 unspecified atom stereocenters. The van der Waals surface area contributed by atoms with Crippen LogP contribution in [0, 0.1) is 41.5 Å². The number of hydrogen-bond acceptors (Lipinski definition) is 2. The molecule has 0 radical (unpaired) electrons. The quantitative estimate of drug-likeness (QED) is 0.197. The molecule has 0 saturated heterocycles. The lowest BCUT2D eigenvalue weighted by Crippen LogP contribution is -2.14. The van der Waals surface area contributed by atoms with E-state index in [4.69, 9.17) is 0 Å². The summed E-state index contributed by atoms with van der Waals surface area (Å²) in [5.74, 6) is -1.70. The van der Waals surface area contributed by atoms with E-state index in [0.717, 1.165) is 77.6 Å². The van der Waals surface area contributed by atoms with Crippen molar-refractivity contribution < 1.29 is 19.8 Å². The van der Waals surface area contributed by atoms with E-state index in [9.17, 15) is 19.8 Å². The Kier molecular flexibility index (Phi) is 6.96. The van der Waals surface area contributed by atoms with Crippen molar-refractivity contribution in [2.75, 3.05) is 0 Å². The molecule has 4 aromatic heterocycles. The van der Waals surface area contributed by atoms with Crippen LogP contribution in [0.15, 0.2) is 0 Å². The molecule has 8 heteroatoms. The molecule has 8 bridgehead atoms. The van der Waals surface area contributed by atoms with Crippen molar-refractivity contribution in [3.63, 3.8) is 0 Å². The largest absolute Gasteiger partial charge is 0.481 e. The predicted octanol–water partition coefficient (Wildman–Crippen LogP) is 2.51. The Balaban J connectivity index is 1.89. The number of aromatic amines is 4. The summed E-state index contributed by atoms with van der Waals surface area (Å²) in [6.45, 7) is 12.5. The highest BCUT2D eigenvalue weighted by Gasteiger charge is 2.16. The highest BCUT2D eigenvalue weighted by molar-refractivity contribution is 5.70. The number of nitrogens with one attached hydrogen (secondary N) is 4. The molecule has 40 heavy (non-hydrogen) atoms. The Morgan fingerprint density at radius 1 is 0.500 bits per heavy atom. The molecule has 0 spiro atoms. The van der Waals surface area contributed by atoms with E-state index in [2.05, 4.69) is 65.9 Å². The number of fused-ring (bicyclic) bond motifs is 8. The molecule has 1 aliphatic rings. The third kappa shape index (κ3) is 4.85. The van der Waals surface area contributed by atoms with Crippen LogP contribution in [-0.2, 0) is 22.4 Å². The third-order valence-electron chi connectivity index (χ3n) is 8.51. The fourth-order valence-corrected chi connectivity index (χ4v) is 5.63. The Bertz CT molecular complexity index is 1920. The molecule has 0 amide bonds. The van der Waals surface area contributed by atoms with Gasteiger partial charge in [0.1, 0.15) is 0 Å². The van der Waals surface area contributed by atoms with Crippen molar-refractivity contribution in [1.82, 2.24) is 19.9 Å². The standard InChI is InChI=1S/C32H36N4O4/c1-15-17(3)25-12-27-19(5)21(7-9-31(37)38)29(35-27)14-30-22(8-10-32(39)40)20(6)28(36-30)13-26-18(4)16(2)24(34-26)11-23(15)33-25/h11-14,33-36H,7-10H2,1-6H3,(H,37,38)(H,39,40). The van der Waals surface area contributed by atoms with E-state index >= 15 is 0 Å². The van der Waals surface area contributed by atoms with Crippen LogP contribution < -0.4 is 21.4 Å². The summed E-state index contributed by atoms with van der Waals surface area (Å²) in [5, 5.41) is 22.6. The fourth-order valence-electron chi connectivity index (χ4n) is 5.63. The average molecular weight is 541 g/mol. The first-order chi connectivity index (χ1) is 18.9. The van der Waals surface area contributed by atoms with Crippen LogP contribution in [-0.4, -0.2) is 42.1 Å². The van der Waals surface area contributed by atoms with Crippen molar-refractivity contribution in [3.05, 3.63) is 88.7 Å². The molecule has 5 rings (SSSR count). The summed E-state index contributed by atoms with van der Waals surface area (Å²) in [6, 6.07) is 0. The zero-order chi connectivity index (χ0) is 28.9. The minimum absolute atomic E-state index is 0.0148. The first-order valence-corrected chi connectivity index (χ1v) is 13.6. The summed E-state index contributed by atoms with van der Waals surface area (Å²) >= 11 is 0. The molecule has 0 atom stereocenters. The zero-order valence-electron chi connectivity index (χ0n) is 23.8. The monoisotopic (exact) mass is 540 g/mol. The number of carboxylic acid groups (broad SMARTS) is 2. The Morgan fingerprint density at radius 3 is 1.43 bits per heavy atom. The van der Waals surface area contributed by atoms with E-state index in [1.807, 2.05) is 19.9 Å². The van der Waals surface area contributed by atoms with Crippen molar-refractivity contribution >= 4 is 36.2 Å². The third-order valence-corrected chi connectivity index (χ3v) is 8.51. The van der Waals surface area contributed by atoms with Gasteiger partial charge in [-0.3, -0.25) is 9.59 Å². The molecule has 0 aliphatic carbocycles. The van der Waals surface area contributed by atoms with Crippen LogP contribution in [0.4, 0.5) is 0 Å². The summed E-state index contributed by atoms with van der Waals surface area (Å²) in [5.41, 5.74) is 12.3. The summed E-state index contributed by atoms with van der Waals surface area (Å²) in [4.78, 5) is 37.3. The van der Waals surface area contributed by atoms with Crippen molar-refractivity contribution in [2.45, 2.75) is 67.2 Å². The Labute approximate surface area is 231 Å². The van der Waals surface area contributed by atoms with Gasteiger partial charge in [-0.15, -0.1) is 0 Å². The highest BCUT2D eigenvalue weighted by atomic mass is 16.4. The Morgan fingerprint density at radius 2 is 0.900 bits per heavy atom. The number of carboxylic acids is 2. The first-order valence-electron chi connectivity index (χ1n) is 13.6. The summed E-state index contributed by atoms with van der Waals surface area (Å²) in [6.07, 6.45) is 9.12. The van der Waals surface area contributed by atoms with Gasteiger partial charge in [-0.25, -0.2) is 0 Å². The highest BCUT2D eigenvalue weighted by Crippen LogP contribution is 2.23. The maximum atomic E-state index is 11.5. The van der Waals surface area contributed by atoms with Crippen LogP contribution in [0.5, 0.6) is 0 Å². The number of aromatic nitrogens is 4. The Hall–Kier alpha value is -4.46. The molecule has 1 aliphatic heterocycles. The van der Waals surface area contributed by atoms with Crippen molar-refractivity contribution in [2.24, 2.45) is 0 Å². The molecular weight excluding hydrogens is 504 g/mol. The molecule has 5 heterocycles. The van der Waals surface area contributed by atoms with Crippen LogP contribution in [0.3, 0.4) is 0 Å². The summed E-state index contributed by atoms with van der Waals surface area (Å²) < 4.78 is 0. The molecule has 4 aromatic rings. The second-order valence-corrected chi connectivity index (χ2v) is 10.9. The number of rotatable bonds is 6. The molecular formula is C32H36N4O4. The van der Waals surface area contributed by atoms with E-state index in [1.165, 1.54) is 11.1 Å². The smallest absolute Gasteiger partial charge is 0.303 e. The maximum Gasteiger partial charge on any atom is 0.303 e. The van der Waals surface area contributed by atoms with E-state index in [1.54, 1.807) is 0 Å². The van der Waals surface area contributed by atoms with E-state index < -0.39 is 11.9 Å². The summed E-state index contributed by atoms with van der Waals surface area (Å²) in [7, 11) is 0. The molecule has 8 nitrogen and oxygen atoms in total. The minimum atomic E-state index is -0.850. The molecule has 0 aromatic carbocycles. The van der Waals surface area contributed by atoms with Gasteiger partial charge >= 0.3 is 11.9 Å². The van der Waals surface area contributed by atoms with Gasteiger partial charge in [0.15, 0.2) is 0 Å². The fraction of sp³-hybridized carbons (Fsp3) is 0.312. The van der Waals surface area contributed by atoms with E-state index in [0.29, 0.717) is 12.8 Å². The van der Waals surface area contributed by atoms with Gasteiger partial charge in [0.25, 0.3) is 0 Å². The topological polar surface area (TPSA) is 138 Å². The van der Waals surface area contributed by atoms with Gasteiger partial charge in [0, 0.05) is 57.0 Å².